The van der Waals surface area contributed by atoms with Crippen LogP contribution in [0, 0.1) is 0 Å². The van der Waals surface area contributed by atoms with Crippen molar-refractivity contribution in [3.05, 3.63) is 34.4 Å². The summed E-state index contributed by atoms with van der Waals surface area (Å²) in [7, 11) is 1.82. The van der Waals surface area contributed by atoms with E-state index in [1.165, 1.54) is 4.88 Å². The highest BCUT2D eigenvalue weighted by atomic mass is 32.1. The van der Waals surface area contributed by atoms with Crippen molar-refractivity contribution in [2.24, 2.45) is 7.05 Å². The van der Waals surface area contributed by atoms with Gasteiger partial charge in [0.25, 0.3) is 0 Å². The van der Waals surface area contributed by atoms with Crippen LogP contribution in [-0.4, -0.2) is 19.7 Å². The van der Waals surface area contributed by atoms with Gasteiger partial charge in [-0.05, 0) is 11.4 Å². The van der Waals surface area contributed by atoms with E-state index in [-0.39, 0.29) is 0 Å². The van der Waals surface area contributed by atoms with Crippen molar-refractivity contribution in [3.63, 3.8) is 0 Å². The van der Waals surface area contributed by atoms with Crippen LogP contribution >= 0.6 is 11.3 Å². The molecular weight excluding hydrogens is 262 g/mol. The van der Waals surface area contributed by atoms with Crippen LogP contribution in [0.2, 0.25) is 0 Å². The third-order valence-electron chi connectivity index (χ3n) is 2.72. The molecule has 0 saturated carbocycles. The normalized spacial score (nSPS) is 11.2. The second-order valence-corrected chi connectivity index (χ2v) is 5.13. The molecule has 0 amide bonds. The van der Waals surface area contributed by atoms with E-state index >= 15 is 0 Å². The zero-order valence-corrected chi connectivity index (χ0v) is 11.2. The molecule has 3 aromatic heterocycles. The first-order chi connectivity index (χ1) is 9.24. The molecule has 0 fully saturated rings. The summed E-state index contributed by atoms with van der Waals surface area (Å²) in [4.78, 5) is 9.80. The Morgan fingerprint density at radius 2 is 2.26 bits per heavy atom. The van der Waals surface area contributed by atoms with Gasteiger partial charge in [-0.2, -0.15) is 5.10 Å². The molecule has 6 nitrogen and oxygen atoms in total. The van der Waals surface area contributed by atoms with Gasteiger partial charge in [-0.3, -0.25) is 4.68 Å². The lowest BCUT2D eigenvalue weighted by atomic mass is 10.4. The van der Waals surface area contributed by atoms with E-state index in [1.807, 2.05) is 24.6 Å². The van der Waals surface area contributed by atoms with Crippen LogP contribution < -0.4 is 5.73 Å². The summed E-state index contributed by atoms with van der Waals surface area (Å²) >= 11 is 1.66. The van der Waals surface area contributed by atoms with Gasteiger partial charge in [0.05, 0.1) is 18.2 Å². The Morgan fingerprint density at radius 3 is 3.05 bits per heavy atom. The lowest BCUT2D eigenvalue weighted by molar-refractivity contribution is 0.104. The molecule has 0 aromatic carbocycles. The molecule has 0 aliphatic rings. The molecule has 0 unspecified atom stereocenters. The third kappa shape index (κ3) is 2.42. The summed E-state index contributed by atoms with van der Waals surface area (Å²) in [5, 5.41) is 6.90. The predicted octanol–water partition coefficient (Wildman–Crippen LogP) is 1.72. The molecule has 0 saturated heterocycles. The van der Waals surface area contributed by atoms with Crippen LogP contribution in [-0.2, 0) is 25.0 Å². The van der Waals surface area contributed by atoms with E-state index in [9.17, 15) is 0 Å². The average molecular weight is 275 g/mol. The number of nitrogens with zero attached hydrogens (tertiary/aromatic N) is 4. The topological polar surface area (TPSA) is 78.9 Å². The number of fused-ring (bicyclic) bond motifs is 1. The number of rotatable bonds is 4. The molecule has 0 atom stereocenters. The number of nitrogen functional groups attached to an aromatic ring is 1. The molecule has 3 heterocycles. The Morgan fingerprint density at radius 1 is 1.37 bits per heavy atom. The minimum Gasteiger partial charge on any atom is -0.383 e. The molecule has 19 heavy (non-hydrogen) atoms. The summed E-state index contributed by atoms with van der Waals surface area (Å²) in [6, 6.07) is 4.03. The second kappa shape index (κ2) is 4.94. The highest BCUT2D eigenvalue weighted by Gasteiger charge is 2.09. The summed E-state index contributed by atoms with van der Waals surface area (Å²) in [5.74, 6) is 1.01. The molecule has 0 spiro atoms. The molecule has 3 rings (SSSR count). The Bertz CT molecular complexity index is 692. The molecule has 3 aromatic rings. The van der Waals surface area contributed by atoms with E-state index in [0.717, 1.165) is 11.0 Å². The first-order valence-corrected chi connectivity index (χ1v) is 6.66. The van der Waals surface area contributed by atoms with Gasteiger partial charge in [0.2, 0.25) is 0 Å². The van der Waals surface area contributed by atoms with Crippen molar-refractivity contribution in [3.8, 4) is 0 Å². The first kappa shape index (κ1) is 12.1. The van der Waals surface area contributed by atoms with Gasteiger partial charge in [0.15, 0.2) is 11.5 Å². The number of aryl methyl sites for hydroxylation is 1. The van der Waals surface area contributed by atoms with Gasteiger partial charge in [-0.1, -0.05) is 6.07 Å². The molecular formula is C12H13N5OS. The van der Waals surface area contributed by atoms with Gasteiger partial charge < -0.3 is 10.5 Å². The molecule has 0 aliphatic carbocycles. The van der Waals surface area contributed by atoms with Crippen LogP contribution in [0.15, 0.2) is 23.7 Å². The van der Waals surface area contributed by atoms with Crippen LogP contribution in [0.5, 0.6) is 0 Å². The Kier molecular flexibility index (Phi) is 3.14. The fraction of sp³-hybridized carbons (Fsp3) is 0.250. The maximum Gasteiger partial charge on any atom is 0.163 e. The Balaban J connectivity index is 1.75. The van der Waals surface area contributed by atoms with Crippen molar-refractivity contribution in [2.75, 3.05) is 5.73 Å². The lowest BCUT2D eigenvalue weighted by Crippen LogP contribution is -2.04. The van der Waals surface area contributed by atoms with Crippen LogP contribution in [0.4, 0.5) is 5.82 Å². The second-order valence-electron chi connectivity index (χ2n) is 4.10. The Labute approximate surface area is 113 Å². The van der Waals surface area contributed by atoms with Crippen molar-refractivity contribution < 1.29 is 4.74 Å². The van der Waals surface area contributed by atoms with Crippen molar-refractivity contribution in [1.82, 2.24) is 19.7 Å². The summed E-state index contributed by atoms with van der Waals surface area (Å²) in [5.41, 5.74) is 6.60. The van der Waals surface area contributed by atoms with E-state index in [4.69, 9.17) is 10.5 Å². The number of hydrogen-bond donors (Lipinski definition) is 1. The van der Waals surface area contributed by atoms with Gasteiger partial charge in [-0.25, -0.2) is 9.97 Å². The van der Waals surface area contributed by atoms with Gasteiger partial charge in [0, 0.05) is 11.9 Å². The van der Waals surface area contributed by atoms with Gasteiger partial charge in [0.1, 0.15) is 12.4 Å². The summed E-state index contributed by atoms with van der Waals surface area (Å²) < 4.78 is 7.26. The molecule has 98 valence electrons. The smallest absolute Gasteiger partial charge is 0.163 e. The molecule has 2 N–H and O–H groups in total. The number of hydrogen-bond acceptors (Lipinski definition) is 6. The van der Waals surface area contributed by atoms with E-state index in [2.05, 4.69) is 15.1 Å². The molecule has 0 radical (unpaired) electrons. The zero-order chi connectivity index (χ0) is 13.2. The minimum atomic E-state index is 0.337. The molecule has 0 bridgehead atoms. The highest BCUT2D eigenvalue weighted by Crippen LogP contribution is 2.17. The minimum absolute atomic E-state index is 0.337. The fourth-order valence-electron chi connectivity index (χ4n) is 1.79. The van der Waals surface area contributed by atoms with Crippen molar-refractivity contribution in [2.45, 2.75) is 13.2 Å². The standard InChI is InChI=1S/C12H13N5OS/c1-17-12-9(5-14-17)11(13)15-10(16-12)7-18-6-8-3-2-4-19-8/h2-5H,6-7H2,1H3,(H2,13,15,16). The molecule has 7 heteroatoms. The number of ether oxygens (including phenoxy) is 1. The number of thiophene rings is 1. The highest BCUT2D eigenvalue weighted by molar-refractivity contribution is 7.09. The van der Waals surface area contributed by atoms with Gasteiger partial charge >= 0.3 is 0 Å². The van der Waals surface area contributed by atoms with Crippen LogP contribution in [0.1, 0.15) is 10.7 Å². The number of anilines is 1. The largest absolute Gasteiger partial charge is 0.383 e. The monoisotopic (exact) mass is 275 g/mol. The third-order valence-corrected chi connectivity index (χ3v) is 3.57. The number of nitrogens with two attached hydrogens (primary N) is 1. The van der Waals surface area contributed by atoms with E-state index in [1.54, 1.807) is 22.2 Å². The Hall–Kier alpha value is -1.99. The maximum absolute atomic E-state index is 5.88. The van der Waals surface area contributed by atoms with Gasteiger partial charge in [-0.15, -0.1) is 11.3 Å². The van der Waals surface area contributed by atoms with Crippen molar-refractivity contribution >= 4 is 28.2 Å². The summed E-state index contributed by atoms with van der Waals surface area (Å²) in [6.45, 7) is 0.896. The fourth-order valence-corrected chi connectivity index (χ4v) is 2.43. The van der Waals surface area contributed by atoms with Crippen LogP contribution in [0.3, 0.4) is 0 Å². The lowest BCUT2D eigenvalue weighted by Gasteiger charge is -2.04. The zero-order valence-electron chi connectivity index (χ0n) is 10.4. The van der Waals surface area contributed by atoms with Crippen LogP contribution in [0.25, 0.3) is 11.0 Å². The van der Waals surface area contributed by atoms with E-state index < -0.39 is 0 Å². The maximum atomic E-state index is 5.88. The molecule has 0 aliphatic heterocycles. The van der Waals surface area contributed by atoms with E-state index in [0.29, 0.717) is 24.9 Å². The van der Waals surface area contributed by atoms with Crippen molar-refractivity contribution in [1.29, 1.82) is 0 Å². The first-order valence-electron chi connectivity index (χ1n) is 5.78. The predicted molar refractivity (Wildman–Crippen MR) is 73.5 cm³/mol. The number of aromatic nitrogens is 4. The quantitative estimate of drug-likeness (QED) is 0.784. The average Bonchev–Trinajstić information content (AvgIpc) is 3.01. The SMILES string of the molecule is Cn1ncc2c(N)nc(COCc3cccs3)nc21. The summed E-state index contributed by atoms with van der Waals surface area (Å²) in [6.07, 6.45) is 1.67.